The molecule has 9 atom stereocenters. The number of ether oxygens (including phenoxy) is 4. The molecule has 4 saturated heterocycles. The van der Waals surface area contributed by atoms with Crippen LogP contribution in [0.3, 0.4) is 0 Å². The molecule has 42 heavy (non-hydrogen) atoms. The number of amides is 2. The molecular weight excluding hydrogens is 546 g/mol. The first-order valence-corrected chi connectivity index (χ1v) is 14.9. The van der Waals surface area contributed by atoms with Crippen LogP contribution in [0.1, 0.15) is 43.2 Å². The molecule has 0 spiro atoms. The zero-order valence-corrected chi connectivity index (χ0v) is 23.3. The minimum Gasteiger partial charge on any atom is -0.458 e. The highest BCUT2D eigenvalue weighted by atomic mass is 16.8. The van der Waals surface area contributed by atoms with E-state index in [0.717, 1.165) is 30.4 Å². The maximum Gasteiger partial charge on any atom is 0.327 e. The number of hydrogen-bond acceptors (Lipinski definition) is 10. The van der Waals surface area contributed by atoms with Crippen molar-refractivity contribution in [3.63, 3.8) is 0 Å². The van der Waals surface area contributed by atoms with E-state index in [2.05, 4.69) is 28.9 Å². The van der Waals surface area contributed by atoms with Crippen molar-refractivity contribution in [2.75, 3.05) is 26.5 Å². The van der Waals surface area contributed by atoms with E-state index in [4.69, 9.17) is 28.9 Å². The van der Waals surface area contributed by atoms with Crippen LogP contribution in [0.5, 0.6) is 0 Å². The van der Waals surface area contributed by atoms with Crippen molar-refractivity contribution in [1.82, 2.24) is 15.7 Å². The topological polar surface area (TPSA) is 148 Å². The van der Waals surface area contributed by atoms with Gasteiger partial charge in [0, 0.05) is 25.9 Å². The number of nitrogens with zero attached hydrogens (tertiary/aromatic N) is 1. The van der Waals surface area contributed by atoms with Gasteiger partial charge in [0.2, 0.25) is 11.8 Å². The van der Waals surface area contributed by atoms with Gasteiger partial charge in [-0.15, -0.1) is 0 Å². The standard InChI is InChI=1S/C30H37N3O9/c34-11-10-31-23(35)8-9-32-29(37)30-14-22-24-25(39-16-38-24)27(30)42-33(26(30)28(36)41-22)15-19-3-1-2-17(12-19)4-5-18-6-7-20-21(13-18)40-20/h1-5,12,18,20-22,24-27,34H,6-11,13-16H2,(H,31,35)(H,32,37)/t18?,20?,21?,22-,24+,25+,26+,27-,30+/m1/s1. The molecule has 2 amide bonds. The molecule has 2 saturated carbocycles. The summed E-state index contributed by atoms with van der Waals surface area (Å²) in [7, 11) is 0. The van der Waals surface area contributed by atoms with Crippen molar-refractivity contribution < 1.29 is 43.3 Å². The van der Waals surface area contributed by atoms with Gasteiger partial charge in [0.05, 0.1) is 25.4 Å². The first-order valence-electron chi connectivity index (χ1n) is 14.9. The molecule has 3 unspecified atom stereocenters. The maximum atomic E-state index is 13.9. The predicted octanol–water partition coefficient (Wildman–Crippen LogP) is 0.424. The Labute approximate surface area is 243 Å². The Morgan fingerprint density at radius 2 is 1.98 bits per heavy atom. The fourth-order valence-corrected chi connectivity index (χ4v) is 7.40. The lowest BCUT2D eigenvalue weighted by molar-refractivity contribution is -0.201. The molecule has 1 aromatic rings. The lowest BCUT2D eigenvalue weighted by Crippen LogP contribution is -2.69. The number of esters is 1. The Morgan fingerprint density at radius 3 is 2.83 bits per heavy atom. The number of fused-ring (bicyclic) bond motifs is 5. The fourth-order valence-electron chi connectivity index (χ4n) is 7.40. The molecular formula is C30H37N3O9. The Morgan fingerprint density at radius 1 is 1.10 bits per heavy atom. The van der Waals surface area contributed by atoms with Crippen molar-refractivity contribution in [2.24, 2.45) is 11.3 Å². The summed E-state index contributed by atoms with van der Waals surface area (Å²) in [5, 5.41) is 15.9. The third-order valence-electron chi connectivity index (χ3n) is 9.46. The summed E-state index contributed by atoms with van der Waals surface area (Å²) in [5.74, 6) is -0.695. The number of hydrogen-bond donors (Lipinski definition) is 3. The molecule has 3 N–H and O–H groups in total. The smallest absolute Gasteiger partial charge is 0.327 e. The number of nitrogens with one attached hydrogen (secondary N) is 2. The number of aliphatic hydroxyl groups is 1. The minimum absolute atomic E-state index is 0.0273. The number of hydroxylamine groups is 2. The van der Waals surface area contributed by atoms with E-state index in [1.807, 2.05) is 18.2 Å². The van der Waals surface area contributed by atoms with Gasteiger partial charge in [-0.2, -0.15) is 5.06 Å². The van der Waals surface area contributed by atoms with E-state index in [9.17, 15) is 14.4 Å². The molecule has 0 aromatic heterocycles. The fraction of sp³-hybridized carbons (Fsp3) is 0.633. The van der Waals surface area contributed by atoms with Crippen LogP contribution in [-0.4, -0.2) is 97.1 Å². The van der Waals surface area contributed by atoms with Gasteiger partial charge < -0.3 is 34.7 Å². The van der Waals surface area contributed by atoms with Crippen molar-refractivity contribution >= 4 is 23.9 Å². The molecule has 12 heteroatoms. The third kappa shape index (κ3) is 5.03. The molecule has 2 aliphatic carbocycles. The zero-order chi connectivity index (χ0) is 28.8. The first-order chi connectivity index (χ1) is 20.5. The summed E-state index contributed by atoms with van der Waals surface area (Å²) in [6, 6.07) is 7.07. The molecule has 1 aromatic carbocycles. The van der Waals surface area contributed by atoms with Crippen molar-refractivity contribution in [3.8, 4) is 0 Å². The van der Waals surface area contributed by atoms with E-state index in [1.54, 1.807) is 5.06 Å². The molecule has 12 nitrogen and oxygen atoms in total. The van der Waals surface area contributed by atoms with Crippen molar-refractivity contribution in [1.29, 1.82) is 0 Å². The Bertz CT molecular complexity index is 1260. The van der Waals surface area contributed by atoms with Gasteiger partial charge in [0.15, 0.2) is 6.04 Å². The Balaban J connectivity index is 1.09. The molecule has 2 bridgehead atoms. The second-order valence-electron chi connectivity index (χ2n) is 12.1. The summed E-state index contributed by atoms with van der Waals surface area (Å²) in [5.41, 5.74) is 0.711. The number of rotatable bonds is 10. The van der Waals surface area contributed by atoms with Crippen molar-refractivity contribution in [3.05, 3.63) is 41.5 Å². The molecule has 6 fully saturated rings. The lowest BCUT2D eigenvalue weighted by atomic mass is 9.62. The number of benzene rings is 1. The molecule has 226 valence electrons. The molecule has 0 radical (unpaired) electrons. The van der Waals surface area contributed by atoms with E-state index in [0.29, 0.717) is 18.1 Å². The second kappa shape index (κ2) is 11.3. The van der Waals surface area contributed by atoms with Gasteiger partial charge in [-0.3, -0.25) is 19.2 Å². The largest absolute Gasteiger partial charge is 0.458 e. The summed E-state index contributed by atoms with van der Waals surface area (Å²) in [6.07, 6.45) is 6.40. The predicted molar refractivity (Wildman–Crippen MR) is 145 cm³/mol. The SMILES string of the molecule is O=C(CCNC(=O)[C@@]12C[C@H]3OC(=O)[C@@H]1N(Cc1cccc(C=CC4CCC5OC5C4)c1)O[C@@H]2[C@H]1OCO[C@H]13)NCCO. The molecule has 7 rings (SSSR count). The number of epoxide rings is 1. The highest BCUT2D eigenvalue weighted by molar-refractivity contribution is 5.93. The van der Waals surface area contributed by atoms with E-state index in [-0.39, 0.29) is 57.7 Å². The quantitative estimate of drug-likeness (QED) is 0.262. The van der Waals surface area contributed by atoms with Crippen LogP contribution in [0.2, 0.25) is 0 Å². The van der Waals surface area contributed by atoms with Crippen molar-refractivity contribution in [2.45, 2.75) is 81.3 Å². The highest BCUT2D eigenvalue weighted by Gasteiger charge is 2.74. The summed E-state index contributed by atoms with van der Waals surface area (Å²) in [4.78, 5) is 45.9. The van der Waals surface area contributed by atoms with Gasteiger partial charge in [-0.05, 0) is 36.3 Å². The average Bonchev–Trinajstić information content (AvgIpc) is 3.42. The van der Waals surface area contributed by atoms with E-state index in [1.165, 1.54) is 0 Å². The second-order valence-corrected chi connectivity index (χ2v) is 12.1. The summed E-state index contributed by atoms with van der Waals surface area (Å²) >= 11 is 0. The third-order valence-corrected chi connectivity index (χ3v) is 9.46. The van der Waals surface area contributed by atoms with Crippen LogP contribution in [-0.2, 0) is 44.7 Å². The maximum absolute atomic E-state index is 13.9. The van der Waals surface area contributed by atoms with Crippen LogP contribution < -0.4 is 10.6 Å². The minimum atomic E-state index is -1.27. The van der Waals surface area contributed by atoms with Gasteiger partial charge in [0.25, 0.3) is 0 Å². The van der Waals surface area contributed by atoms with E-state index >= 15 is 0 Å². The number of carbonyl (C=O) groups is 3. The van der Waals surface area contributed by atoms with E-state index < -0.39 is 41.8 Å². The van der Waals surface area contributed by atoms with Crippen LogP contribution >= 0.6 is 0 Å². The summed E-state index contributed by atoms with van der Waals surface area (Å²) < 4.78 is 23.1. The molecule has 4 aliphatic heterocycles. The van der Waals surface area contributed by atoms with Gasteiger partial charge >= 0.3 is 5.97 Å². The molecule has 4 heterocycles. The average molecular weight is 584 g/mol. The number of carbonyl (C=O) groups excluding carboxylic acids is 3. The van der Waals surface area contributed by atoms with Gasteiger partial charge in [-0.25, -0.2) is 0 Å². The molecule has 6 aliphatic rings. The van der Waals surface area contributed by atoms with Crippen LogP contribution in [0, 0.1) is 11.3 Å². The normalized spacial score (nSPS) is 38.1. The Kier molecular flexibility index (Phi) is 7.53. The number of allylic oxidation sites excluding steroid dienone is 1. The Hall–Kier alpha value is -2.87. The number of aliphatic hydroxyl groups excluding tert-OH is 1. The monoisotopic (exact) mass is 583 g/mol. The van der Waals surface area contributed by atoms with Crippen LogP contribution in [0.25, 0.3) is 6.08 Å². The first kappa shape index (κ1) is 27.9. The van der Waals surface area contributed by atoms with Crippen LogP contribution in [0.4, 0.5) is 0 Å². The highest BCUT2D eigenvalue weighted by Crippen LogP contribution is 2.55. The van der Waals surface area contributed by atoms with Crippen LogP contribution in [0.15, 0.2) is 30.3 Å². The van der Waals surface area contributed by atoms with Gasteiger partial charge in [0.1, 0.15) is 36.6 Å². The zero-order valence-electron chi connectivity index (χ0n) is 23.3. The lowest BCUT2D eigenvalue weighted by Gasteiger charge is -2.48. The summed E-state index contributed by atoms with van der Waals surface area (Å²) in [6.45, 7) is 0.345. The van der Waals surface area contributed by atoms with Gasteiger partial charge in [-0.1, -0.05) is 36.4 Å².